The largest absolute Gasteiger partial charge is 0.482 e. The van der Waals surface area contributed by atoms with Crippen molar-refractivity contribution in [1.82, 2.24) is 0 Å². The fourth-order valence-corrected chi connectivity index (χ4v) is 2.32. The van der Waals surface area contributed by atoms with E-state index in [2.05, 4.69) is 21.2 Å². The molecule has 0 bridgehead atoms. The lowest BCUT2D eigenvalue weighted by molar-refractivity contribution is -0.118. The molecular formula is C15H9BrCl2N2O2. The minimum atomic E-state index is -0.421. The molecule has 0 aliphatic heterocycles. The molecule has 112 valence electrons. The smallest absolute Gasteiger partial charge is 0.262 e. The van der Waals surface area contributed by atoms with Crippen LogP contribution in [0, 0.1) is 11.3 Å². The molecular weight excluding hydrogens is 391 g/mol. The first-order chi connectivity index (χ1) is 10.5. The topological polar surface area (TPSA) is 62.1 Å². The number of halogens is 3. The molecule has 2 rings (SSSR count). The maximum atomic E-state index is 11.9. The van der Waals surface area contributed by atoms with Crippen LogP contribution in [0.5, 0.6) is 5.75 Å². The second kappa shape index (κ2) is 7.50. The maximum Gasteiger partial charge on any atom is 0.262 e. The van der Waals surface area contributed by atoms with E-state index in [1.165, 1.54) is 12.1 Å². The monoisotopic (exact) mass is 398 g/mol. The number of hydrogen-bond acceptors (Lipinski definition) is 3. The first-order valence-electron chi connectivity index (χ1n) is 6.07. The molecule has 4 nitrogen and oxygen atoms in total. The summed E-state index contributed by atoms with van der Waals surface area (Å²) in [6.07, 6.45) is 0. The van der Waals surface area contributed by atoms with E-state index in [1.807, 2.05) is 6.07 Å². The summed E-state index contributed by atoms with van der Waals surface area (Å²) in [5, 5.41) is 12.4. The van der Waals surface area contributed by atoms with Crippen molar-refractivity contribution in [3.63, 3.8) is 0 Å². The summed E-state index contributed by atoms with van der Waals surface area (Å²) in [6, 6.07) is 11.7. The number of benzene rings is 2. The average molecular weight is 400 g/mol. The number of nitrogens with zero attached hydrogens (tertiary/aromatic N) is 1. The van der Waals surface area contributed by atoms with Crippen LogP contribution in [-0.4, -0.2) is 12.5 Å². The number of nitrogens with one attached hydrogen (secondary N) is 1. The van der Waals surface area contributed by atoms with Gasteiger partial charge in [-0.1, -0.05) is 39.1 Å². The molecule has 7 heteroatoms. The lowest BCUT2D eigenvalue weighted by atomic mass is 10.2. The van der Waals surface area contributed by atoms with Gasteiger partial charge in [0, 0.05) is 9.50 Å². The lowest BCUT2D eigenvalue weighted by Crippen LogP contribution is -2.20. The van der Waals surface area contributed by atoms with Crippen molar-refractivity contribution in [2.24, 2.45) is 0 Å². The number of ether oxygens (including phenoxy) is 1. The Morgan fingerprint density at radius 2 is 2.05 bits per heavy atom. The van der Waals surface area contributed by atoms with E-state index in [0.717, 1.165) is 4.47 Å². The predicted molar refractivity (Wildman–Crippen MR) is 89.4 cm³/mol. The maximum absolute atomic E-state index is 11.9. The second-order valence-corrected chi connectivity index (χ2v) is 5.97. The van der Waals surface area contributed by atoms with Crippen LogP contribution >= 0.6 is 39.1 Å². The van der Waals surface area contributed by atoms with Crippen LogP contribution in [0.3, 0.4) is 0 Å². The van der Waals surface area contributed by atoms with Crippen molar-refractivity contribution in [3.05, 3.63) is 56.5 Å². The summed E-state index contributed by atoms with van der Waals surface area (Å²) in [6.45, 7) is -0.243. The van der Waals surface area contributed by atoms with E-state index in [-0.39, 0.29) is 6.61 Å². The van der Waals surface area contributed by atoms with Crippen molar-refractivity contribution < 1.29 is 9.53 Å². The van der Waals surface area contributed by atoms with Gasteiger partial charge in [0.1, 0.15) is 11.8 Å². The number of hydrogen-bond donors (Lipinski definition) is 1. The second-order valence-electron chi connectivity index (χ2n) is 4.21. The fraction of sp³-hybridized carbons (Fsp3) is 0.0667. The quantitative estimate of drug-likeness (QED) is 0.814. The van der Waals surface area contributed by atoms with Gasteiger partial charge in [-0.25, -0.2) is 0 Å². The highest BCUT2D eigenvalue weighted by molar-refractivity contribution is 9.10. The number of anilines is 1. The van der Waals surface area contributed by atoms with Gasteiger partial charge in [0.2, 0.25) is 0 Å². The van der Waals surface area contributed by atoms with Crippen LogP contribution < -0.4 is 10.1 Å². The number of nitriles is 1. The molecule has 1 N–H and O–H groups in total. The molecule has 0 spiro atoms. The minimum absolute atomic E-state index is 0.243. The Balaban J connectivity index is 2.03. The van der Waals surface area contributed by atoms with Gasteiger partial charge in [-0.05, 0) is 36.4 Å². The van der Waals surface area contributed by atoms with Gasteiger partial charge in [-0.3, -0.25) is 4.79 Å². The molecule has 0 aliphatic rings. The van der Waals surface area contributed by atoms with Crippen molar-refractivity contribution >= 4 is 50.7 Å². The van der Waals surface area contributed by atoms with Gasteiger partial charge in [-0.2, -0.15) is 5.26 Å². The molecule has 2 aromatic carbocycles. The van der Waals surface area contributed by atoms with Crippen LogP contribution in [0.2, 0.25) is 10.0 Å². The zero-order valence-corrected chi connectivity index (χ0v) is 14.2. The molecule has 1 amide bonds. The average Bonchev–Trinajstić information content (AvgIpc) is 2.48. The molecule has 0 saturated heterocycles. The Bertz CT molecular complexity index is 760. The van der Waals surface area contributed by atoms with E-state index in [4.69, 9.17) is 33.2 Å². The van der Waals surface area contributed by atoms with Gasteiger partial charge in [0.05, 0.1) is 16.3 Å². The standard InChI is InChI=1S/C15H9BrCl2N2O2/c16-10-2-4-12(18)14(5-10)22-8-15(21)20-13-6-11(17)3-1-9(13)7-19/h1-6H,8H2,(H,20,21). The van der Waals surface area contributed by atoms with Gasteiger partial charge in [0.15, 0.2) is 6.61 Å². The Morgan fingerprint density at radius 1 is 1.27 bits per heavy atom. The Labute approximate surface area is 145 Å². The van der Waals surface area contributed by atoms with Gasteiger partial charge >= 0.3 is 0 Å². The first kappa shape index (κ1) is 16.6. The summed E-state index contributed by atoms with van der Waals surface area (Å²) < 4.78 is 6.15. The summed E-state index contributed by atoms with van der Waals surface area (Å²) in [5.74, 6) is -0.0346. The van der Waals surface area contributed by atoms with E-state index in [9.17, 15) is 4.79 Å². The van der Waals surface area contributed by atoms with Crippen molar-refractivity contribution in [1.29, 1.82) is 5.26 Å². The minimum Gasteiger partial charge on any atom is -0.482 e. The Morgan fingerprint density at radius 3 is 2.77 bits per heavy atom. The number of carbonyl (C=O) groups is 1. The highest BCUT2D eigenvalue weighted by Crippen LogP contribution is 2.28. The molecule has 0 heterocycles. The fourth-order valence-electron chi connectivity index (χ4n) is 1.63. The van der Waals surface area contributed by atoms with Crippen LogP contribution in [0.4, 0.5) is 5.69 Å². The summed E-state index contributed by atoms with van der Waals surface area (Å²) in [4.78, 5) is 11.9. The normalized spacial score (nSPS) is 9.91. The van der Waals surface area contributed by atoms with E-state index in [1.54, 1.807) is 24.3 Å². The van der Waals surface area contributed by atoms with Crippen molar-refractivity contribution in [3.8, 4) is 11.8 Å². The zero-order valence-electron chi connectivity index (χ0n) is 11.1. The Kier molecular flexibility index (Phi) is 5.67. The highest BCUT2D eigenvalue weighted by atomic mass is 79.9. The van der Waals surface area contributed by atoms with Gasteiger partial charge < -0.3 is 10.1 Å². The number of amides is 1. The lowest BCUT2D eigenvalue weighted by Gasteiger charge is -2.10. The van der Waals surface area contributed by atoms with E-state index in [0.29, 0.717) is 27.0 Å². The summed E-state index contributed by atoms with van der Waals surface area (Å²) in [7, 11) is 0. The Hall–Kier alpha value is -1.74. The van der Waals surface area contributed by atoms with E-state index >= 15 is 0 Å². The molecule has 0 radical (unpaired) electrons. The van der Waals surface area contributed by atoms with Gasteiger partial charge in [-0.15, -0.1) is 0 Å². The molecule has 0 atom stereocenters. The highest BCUT2D eigenvalue weighted by Gasteiger charge is 2.10. The third-order valence-corrected chi connectivity index (χ3v) is 3.67. The SMILES string of the molecule is N#Cc1ccc(Cl)cc1NC(=O)COc1cc(Br)ccc1Cl. The van der Waals surface area contributed by atoms with Crippen LogP contribution in [0.25, 0.3) is 0 Å². The zero-order chi connectivity index (χ0) is 16.1. The third kappa shape index (κ3) is 4.38. The first-order valence-corrected chi connectivity index (χ1v) is 7.62. The molecule has 22 heavy (non-hydrogen) atoms. The number of carbonyl (C=O) groups excluding carboxylic acids is 1. The number of rotatable bonds is 4. The van der Waals surface area contributed by atoms with E-state index < -0.39 is 5.91 Å². The molecule has 0 unspecified atom stereocenters. The third-order valence-electron chi connectivity index (χ3n) is 2.63. The molecule has 0 aliphatic carbocycles. The molecule has 0 saturated carbocycles. The van der Waals surface area contributed by atoms with Gasteiger partial charge in [0.25, 0.3) is 5.91 Å². The van der Waals surface area contributed by atoms with Crippen LogP contribution in [-0.2, 0) is 4.79 Å². The predicted octanol–water partition coefficient (Wildman–Crippen LogP) is 4.65. The summed E-state index contributed by atoms with van der Waals surface area (Å²) >= 11 is 15.1. The van der Waals surface area contributed by atoms with Crippen molar-refractivity contribution in [2.45, 2.75) is 0 Å². The van der Waals surface area contributed by atoms with Crippen molar-refractivity contribution in [2.75, 3.05) is 11.9 Å². The molecule has 2 aromatic rings. The molecule has 0 aromatic heterocycles. The van der Waals surface area contributed by atoms with Crippen LogP contribution in [0.15, 0.2) is 40.9 Å². The molecule has 0 fully saturated rings. The van der Waals surface area contributed by atoms with Crippen LogP contribution in [0.1, 0.15) is 5.56 Å². The summed E-state index contributed by atoms with van der Waals surface area (Å²) in [5.41, 5.74) is 0.655.